The fourth-order valence-corrected chi connectivity index (χ4v) is 5.08. The van der Waals surface area contributed by atoms with E-state index < -0.39 is 12.1 Å². The number of aromatic nitrogens is 2. The predicted molar refractivity (Wildman–Crippen MR) is 147 cm³/mol. The summed E-state index contributed by atoms with van der Waals surface area (Å²) in [6.07, 6.45) is 6.00. The van der Waals surface area contributed by atoms with Crippen LogP contribution in [0.25, 0.3) is 10.9 Å². The molecule has 3 aromatic rings. The molecule has 196 valence electrons. The van der Waals surface area contributed by atoms with E-state index in [1.54, 1.807) is 31.3 Å². The molecule has 0 saturated heterocycles. The van der Waals surface area contributed by atoms with Gasteiger partial charge in [0.15, 0.2) is 17.6 Å². The Morgan fingerprint density at radius 3 is 2.73 bits per heavy atom. The molecule has 0 bridgehead atoms. The molecule has 0 spiro atoms. The van der Waals surface area contributed by atoms with Crippen molar-refractivity contribution in [2.75, 3.05) is 13.7 Å². The number of rotatable bonds is 8. The normalized spacial score (nSPS) is 15.2. The average molecular weight is 591 g/mol. The zero-order valence-corrected chi connectivity index (χ0v) is 23.3. The van der Waals surface area contributed by atoms with Gasteiger partial charge >= 0.3 is 5.97 Å². The van der Waals surface area contributed by atoms with Crippen LogP contribution in [-0.2, 0) is 9.53 Å². The molecule has 0 unspecified atom stereocenters. The van der Waals surface area contributed by atoms with Crippen molar-refractivity contribution < 1.29 is 19.0 Å². The van der Waals surface area contributed by atoms with E-state index in [0.29, 0.717) is 34.6 Å². The number of halogens is 2. The van der Waals surface area contributed by atoms with E-state index >= 15 is 0 Å². The molecule has 1 saturated carbocycles. The van der Waals surface area contributed by atoms with E-state index in [9.17, 15) is 9.59 Å². The zero-order chi connectivity index (χ0) is 26.5. The Morgan fingerprint density at radius 1 is 1.27 bits per heavy atom. The summed E-state index contributed by atoms with van der Waals surface area (Å²) in [5, 5.41) is 5.30. The number of hydrogen-bond donors (Lipinski definition) is 0. The molecule has 0 radical (unpaired) electrons. The van der Waals surface area contributed by atoms with E-state index in [4.69, 9.17) is 30.8 Å². The van der Waals surface area contributed by atoms with Crippen molar-refractivity contribution in [3.63, 3.8) is 0 Å². The Kier molecular flexibility index (Phi) is 8.87. The number of esters is 1. The summed E-state index contributed by atoms with van der Waals surface area (Å²) < 4.78 is 18.4. The Morgan fingerprint density at radius 2 is 2.03 bits per heavy atom. The first-order valence-corrected chi connectivity index (χ1v) is 13.5. The lowest BCUT2D eigenvalue weighted by molar-refractivity contribution is -0.147. The maximum absolute atomic E-state index is 13.5. The largest absolute Gasteiger partial charge is 0.490 e. The second kappa shape index (κ2) is 12.1. The molecular weight excluding hydrogens is 562 g/mol. The SMILES string of the molecule is CCOc1cc(C=Nn2c(C3CCCCC3)nc3ccc(Br)cc3c2=O)cc(Cl)c1O[C@H](C)C(=O)OC. The van der Waals surface area contributed by atoms with Crippen LogP contribution in [0, 0.1) is 0 Å². The fourth-order valence-electron chi connectivity index (χ4n) is 4.46. The van der Waals surface area contributed by atoms with Gasteiger partial charge in [0.1, 0.15) is 5.82 Å². The number of hydrogen-bond acceptors (Lipinski definition) is 7. The highest BCUT2D eigenvalue weighted by Crippen LogP contribution is 2.37. The highest BCUT2D eigenvalue weighted by molar-refractivity contribution is 9.10. The summed E-state index contributed by atoms with van der Waals surface area (Å²) >= 11 is 9.96. The maximum Gasteiger partial charge on any atom is 0.346 e. The molecule has 0 aliphatic heterocycles. The number of carbonyl (C=O) groups excluding carboxylic acids is 1. The molecule has 8 nitrogen and oxygen atoms in total. The van der Waals surface area contributed by atoms with Gasteiger partial charge in [-0.1, -0.05) is 46.8 Å². The highest BCUT2D eigenvalue weighted by atomic mass is 79.9. The molecule has 1 aliphatic carbocycles. The van der Waals surface area contributed by atoms with Crippen molar-refractivity contribution in [1.82, 2.24) is 9.66 Å². The standard InChI is InChI=1S/C27H29BrClN3O5/c1-4-36-23-13-17(12-21(29)24(23)37-16(2)27(34)35-3)15-30-32-25(18-8-6-5-7-9-18)31-22-11-10-19(28)14-20(22)26(32)33/h10-16,18H,4-9H2,1-3H3/t16-/m1/s1. The van der Waals surface area contributed by atoms with Gasteiger partial charge in [0, 0.05) is 10.4 Å². The fraction of sp³-hybridized carbons (Fsp3) is 0.407. The molecule has 0 amide bonds. The van der Waals surface area contributed by atoms with Gasteiger partial charge in [-0.2, -0.15) is 9.78 Å². The van der Waals surface area contributed by atoms with Crippen molar-refractivity contribution in [2.24, 2.45) is 5.10 Å². The summed E-state index contributed by atoms with van der Waals surface area (Å²) in [4.78, 5) is 30.2. The maximum atomic E-state index is 13.5. The van der Waals surface area contributed by atoms with Gasteiger partial charge in [0.25, 0.3) is 5.56 Å². The minimum Gasteiger partial charge on any atom is -0.490 e. The first-order valence-electron chi connectivity index (χ1n) is 12.3. The van der Waals surface area contributed by atoms with Crippen LogP contribution in [0.2, 0.25) is 5.02 Å². The number of ether oxygens (including phenoxy) is 3. The van der Waals surface area contributed by atoms with Crippen LogP contribution in [0.4, 0.5) is 0 Å². The van der Waals surface area contributed by atoms with Crippen molar-refractivity contribution in [3.05, 3.63) is 61.6 Å². The number of fused-ring (bicyclic) bond motifs is 1. The molecule has 1 aliphatic rings. The summed E-state index contributed by atoms with van der Waals surface area (Å²) in [5.41, 5.74) is 1.02. The average Bonchev–Trinajstić information content (AvgIpc) is 2.90. The van der Waals surface area contributed by atoms with Gasteiger partial charge in [0.05, 0.1) is 35.9 Å². The van der Waals surface area contributed by atoms with Crippen LogP contribution in [-0.4, -0.2) is 41.7 Å². The first kappa shape index (κ1) is 27.1. The van der Waals surface area contributed by atoms with Crippen LogP contribution < -0.4 is 15.0 Å². The van der Waals surface area contributed by atoms with Crippen molar-refractivity contribution in [3.8, 4) is 11.5 Å². The Balaban J connectivity index is 1.77. The van der Waals surface area contributed by atoms with Crippen molar-refractivity contribution >= 4 is 50.6 Å². The van der Waals surface area contributed by atoms with Crippen LogP contribution in [0.1, 0.15) is 63.3 Å². The number of methoxy groups -OCH3 is 1. The summed E-state index contributed by atoms with van der Waals surface area (Å²) in [6.45, 7) is 3.75. The number of carbonyl (C=O) groups is 1. The van der Waals surface area contributed by atoms with Gasteiger partial charge in [-0.05, 0) is 62.6 Å². The molecule has 4 rings (SSSR count). The molecule has 10 heteroatoms. The first-order chi connectivity index (χ1) is 17.8. The topological polar surface area (TPSA) is 92.0 Å². The van der Waals surface area contributed by atoms with Crippen LogP contribution in [0.15, 0.2) is 44.7 Å². The van der Waals surface area contributed by atoms with E-state index in [1.807, 2.05) is 19.1 Å². The molecule has 1 atom stereocenters. The minimum absolute atomic E-state index is 0.157. The molecule has 1 fully saturated rings. The highest BCUT2D eigenvalue weighted by Gasteiger charge is 2.23. The summed E-state index contributed by atoms with van der Waals surface area (Å²) in [5.74, 6) is 0.876. The summed E-state index contributed by atoms with van der Waals surface area (Å²) in [6, 6.07) is 8.84. The van der Waals surface area contributed by atoms with Gasteiger partial charge in [-0.3, -0.25) is 4.79 Å². The molecule has 0 N–H and O–H groups in total. The lowest BCUT2D eigenvalue weighted by atomic mass is 9.88. The van der Waals surface area contributed by atoms with Gasteiger partial charge in [-0.15, -0.1) is 0 Å². The van der Waals surface area contributed by atoms with Crippen molar-refractivity contribution in [1.29, 1.82) is 0 Å². The quantitative estimate of drug-likeness (QED) is 0.233. The Bertz CT molecular complexity index is 1380. The second-order valence-electron chi connectivity index (χ2n) is 8.87. The minimum atomic E-state index is -0.874. The van der Waals surface area contributed by atoms with Crippen LogP contribution in [0.3, 0.4) is 0 Å². The van der Waals surface area contributed by atoms with Gasteiger partial charge < -0.3 is 14.2 Å². The van der Waals surface area contributed by atoms with E-state index in [0.717, 1.165) is 30.2 Å². The lowest BCUT2D eigenvalue weighted by Gasteiger charge is -2.22. The third kappa shape index (κ3) is 6.15. The monoisotopic (exact) mass is 589 g/mol. The third-order valence-corrected chi connectivity index (χ3v) is 7.06. The lowest BCUT2D eigenvalue weighted by Crippen LogP contribution is -2.25. The zero-order valence-electron chi connectivity index (χ0n) is 21.0. The molecular formula is C27H29BrClN3O5. The van der Waals surface area contributed by atoms with Gasteiger partial charge in [-0.25, -0.2) is 9.78 Å². The third-order valence-electron chi connectivity index (χ3n) is 6.29. The van der Waals surface area contributed by atoms with E-state index in [1.165, 1.54) is 18.2 Å². The summed E-state index contributed by atoms with van der Waals surface area (Å²) in [7, 11) is 1.29. The van der Waals surface area contributed by atoms with Crippen LogP contribution >= 0.6 is 27.5 Å². The number of nitrogens with zero attached hydrogens (tertiary/aromatic N) is 3. The predicted octanol–water partition coefficient (Wildman–Crippen LogP) is 6.08. The molecule has 1 heterocycles. The Labute approximate surface area is 228 Å². The van der Waals surface area contributed by atoms with Crippen molar-refractivity contribution in [2.45, 2.75) is 58.0 Å². The van der Waals surface area contributed by atoms with E-state index in [-0.39, 0.29) is 22.2 Å². The van der Waals surface area contributed by atoms with Crippen LogP contribution in [0.5, 0.6) is 11.5 Å². The van der Waals surface area contributed by atoms with E-state index in [2.05, 4.69) is 21.0 Å². The smallest absolute Gasteiger partial charge is 0.346 e. The molecule has 37 heavy (non-hydrogen) atoms. The molecule has 2 aromatic carbocycles. The molecule has 1 aromatic heterocycles. The Hall–Kier alpha value is -2.91. The number of benzene rings is 2. The van der Waals surface area contributed by atoms with Gasteiger partial charge in [0.2, 0.25) is 0 Å². The second-order valence-corrected chi connectivity index (χ2v) is 10.2.